The molecule has 3 aliphatic rings. The Morgan fingerprint density at radius 2 is 0.772 bits per heavy atom. The van der Waals surface area contributed by atoms with Crippen molar-refractivity contribution in [3.8, 4) is 0 Å². The van der Waals surface area contributed by atoms with E-state index in [-0.39, 0.29) is 12.1 Å². The van der Waals surface area contributed by atoms with Crippen LogP contribution in [-0.4, -0.2) is 106 Å². The molecule has 7 aromatic rings. The van der Waals surface area contributed by atoms with Crippen LogP contribution in [0.5, 0.6) is 0 Å². The van der Waals surface area contributed by atoms with Crippen LogP contribution in [0.4, 0.5) is 15.3 Å². The van der Waals surface area contributed by atoms with E-state index in [9.17, 15) is 9.59 Å². The Balaban J connectivity index is -0.000000259. The molecule has 4 aromatic carbocycles. The van der Waals surface area contributed by atoms with Gasteiger partial charge < -0.3 is 39.2 Å². The largest absolute Gasteiger partial charge is 0.467 e. The zero-order chi connectivity index (χ0) is 60.9. The van der Waals surface area contributed by atoms with E-state index in [0.29, 0.717) is 13.3 Å². The van der Waals surface area contributed by atoms with Crippen LogP contribution in [0.25, 0.3) is 10.2 Å². The Labute approximate surface area is 489 Å². The number of aromatic nitrogens is 3. The van der Waals surface area contributed by atoms with Gasteiger partial charge in [0.1, 0.15) is 21.5 Å². The number of ether oxygens (including phenoxy) is 2. The molecule has 1 saturated carbocycles. The molecule has 4 amide bonds. The summed E-state index contributed by atoms with van der Waals surface area (Å²) >= 11 is 3.36. The summed E-state index contributed by atoms with van der Waals surface area (Å²) in [4.78, 5) is 31.4. The van der Waals surface area contributed by atoms with Crippen molar-refractivity contribution in [2.45, 2.75) is 142 Å². The molecule has 0 radical (unpaired) electrons. The highest BCUT2D eigenvalue weighted by molar-refractivity contribution is 7.18. The zero-order valence-corrected chi connectivity index (χ0v) is 54.5. The number of aryl methyl sites for hydroxylation is 5. The summed E-state index contributed by atoms with van der Waals surface area (Å²) in [6, 6.07) is 46.2. The average Bonchev–Trinajstić information content (AvgIpc) is 4.34. The Morgan fingerprint density at radius 3 is 1.04 bits per heavy atom. The van der Waals surface area contributed by atoms with Gasteiger partial charge in [-0.15, -0.1) is 32.9 Å². The van der Waals surface area contributed by atoms with Crippen molar-refractivity contribution in [3.63, 3.8) is 0 Å². The number of thiazole rings is 1. The molecule has 446 valence electrons. The fraction of sp³-hybridized carbons (Fsp3) is 0.484. The lowest BCUT2D eigenvalue weighted by Crippen LogP contribution is -2.55. The number of carbonyl (C=O) groups excluding carboxylic acids is 2. The predicted octanol–water partition coefficient (Wildman–Crippen LogP) is 17.7. The molecule has 2 aliphatic heterocycles. The van der Waals surface area contributed by atoms with Gasteiger partial charge >= 0.3 is 12.1 Å². The standard InChI is InChI=1S/C11H15N3O.C8H7NS.C6H8O.C6H12.2C6H6.C4H6N2S.C3H6N2O.2C2H6O.5C2H6/c1-12-8-14(9-13(2)11(12)15)10-6-4-3-5-7-10;1-6-9-7-4-2-3-5-8(7)10-6;1-5-3-4-6(2)7-5;3*1-2-4-6-5-3-1;1-3-5-6-4(2)7-3;6-3-4-1-2-5-3;2*1-3-2;5*1-2/h3-7H,8-9H2,1-2H3;2-5H,1H3;3-4H,1-2H3;1-6H2;2*1-6H;1-2H3;1-2H2,(H2,4,5,6);2*1-2H3;5*1-2H3. The first-order valence-electron chi connectivity index (χ1n) is 28.0. The van der Waals surface area contributed by atoms with Gasteiger partial charge in [-0.25, -0.2) is 14.6 Å². The molecule has 0 bridgehead atoms. The topological polar surface area (TPSA) is 138 Å². The lowest BCUT2D eigenvalue weighted by Gasteiger charge is -2.40. The number of carbonyl (C=O) groups is 2. The van der Waals surface area contributed by atoms with E-state index in [4.69, 9.17) is 4.42 Å². The summed E-state index contributed by atoms with van der Waals surface area (Å²) in [5.74, 6) is 1.97. The van der Waals surface area contributed by atoms with Crippen molar-refractivity contribution in [1.29, 1.82) is 0 Å². The van der Waals surface area contributed by atoms with Gasteiger partial charge in [-0.1, -0.05) is 211 Å². The van der Waals surface area contributed by atoms with Gasteiger partial charge in [0.05, 0.1) is 28.6 Å². The number of anilines is 1. The number of urea groups is 2. The lowest BCUT2D eigenvalue weighted by molar-refractivity contribution is 0.154. The third-order valence-electron chi connectivity index (χ3n) is 8.97. The molecule has 0 unspecified atom stereocenters. The van der Waals surface area contributed by atoms with Crippen LogP contribution in [0.2, 0.25) is 0 Å². The highest BCUT2D eigenvalue weighted by atomic mass is 32.1. The zero-order valence-electron chi connectivity index (χ0n) is 52.9. The molecular weight excluding hydrogens is 1020 g/mol. The Bertz CT molecular complexity index is 2030. The number of nitrogens with zero attached hydrogens (tertiary/aromatic N) is 6. The van der Waals surface area contributed by atoms with Crippen molar-refractivity contribution < 1.29 is 23.5 Å². The van der Waals surface area contributed by atoms with Crippen molar-refractivity contribution in [3.05, 3.63) is 166 Å². The maximum absolute atomic E-state index is 11.5. The van der Waals surface area contributed by atoms with Gasteiger partial charge in [0.15, 0.2) is 0 Å². The van der Waals surface area contributed by atoms with Crippen LogP contribution < -0.4 is 15.5 Å². The first kappa shape index (κ1) is 81.7. The van der Waals surface area contributed by atoms with Gasteiger partial charge in [-0.05, 0) is 71.0 Å². The number of rotatable bonds is 1. The van der Waals surface area contributed by atoms with Crippen LogP contribution in [0.1, 0.15) is 134 Å². The molecule has 13 nitrogen and oxygen atoms in total. The Kier molecular flexibility index (Phi) is 64.9. The molecule has 3 aromatic heterocycles. The third-order valence-corrected chi connectivity index (χ3v) is 10.7. The molecule has 79 heavy (non-hydrogen) atoms. The van der Waals surface area contributed by atoms with Crippen LogP contribution >= 0.6 is 22.7 Å². The molecule has 2 saturated heterocycles. The van der Waals surface area contributed by atoms with Crippen molar-refractivity contribution in [2.75, 3.05) is 73.9 Å². The normalized spacial score (nSPS) is 11.6. The minimum absolute atomic E-state index is 0.0463. The minimum Gasteiger partial charge on any atom is -0.467 e. The summed E-state index contributed by atoms with van der Waals surface area (Å²) in [7, 11) is 10.1. The Hall–Kier alpha value is -6.13. The number of amides is 4. The summed E-state index contributed by atoms with van der Waals surface area (Å²) in [6.45, 7) is 32.7. The Morgan fingerprint density at radius 1 is 0.456 bits per heavy atom. The molecule has 2 N–H and O–H groups in total. The second-order valence-corrected chi connectivity index (χ2v) is 18.1. The summed E-state index contributed by atoms with van der Waals surface area (Å²) in [6.07, 6.45) is 9.00. The fourth-order valence-electron chi connectivity index (χ4n) is 5.96. The van der Waals surface area contributed by atoms with Crippen molar-refractivity contribution in [2.24, 2.45) is 0 Å². The average molecular weight is 1130 g/mol. The van der Waals surface area contributed by atoms with E-state index in [1.54, 1.807) is 60.9 Å². The van der Waals surface area contributed by atoms with E-state index in [0.717, 1.165) is 50.8 Å². The van der Waals surface area contributed by atoms with Crippen molar-refractivity contribution in [1.82, 2.24) is 35.6 Å². The third kappa shape index (κ3) is 49.9. The van der Waals surface area contributed by atoms with Crippen molar-refractivity contribution >= 4 is 50.6 Å². The number of hydrogen-bond donors (Lipinski definition) is 2. The second-order valence-electron chi connectivity index (χ2n) is 15.5. The molecular formula is C64H108N8O5S2. The number of methoxy groups -OCH3 is 2. The molecule has 5 heterocycles. The number of para-hydroxylation sites is 2. The molecule has 1 aliphatic carbocycles. The van der Waals surface area contributed by atoms with Crippen LogP contribution in [0.3, 0.4) is 0 Å². The monoisotopic (exact) mass is 1130 g/mol. The SMILES string of the molecule is C1CCCCC1.CC.CC.CC.CC.CC.CN1CN(c2ccccc2)CN(C)C1=O.COC.COC.Cc1ccc(C)o1.Cc1nc2ccccc2s1.Cc1nnc(C)s1.O=C1NCCN1.c1ccccc1.c1ccccc1. The van der Waals surface area contributed by atoms with Gasteiger partial charge in [0.2, 0.25) is 0 Å². The summed E-state index contributed by atoms with van der Waals surface area (Å²) < 4.78 is 14.9. The maximum Gasteiger partial charge on any atom is 0.322 e. The first-order chi connectivity index (χ1) is 38.3. The molecule has 0 spiro atoms. The number of furan rings is 1. The van der Waals surface area contributed by atoms with E-state index in [1.165, 1.54) is 43.2 Å². The van der Waals surface area contributed by atoms with E-state index < -0.39 is 0 Å². The number of hydrogen-bond acceptors (Lipinski definition) is 11. The number of nitrogens with one attached hydrogen (secondary N) is 2. The smallest absolute Gasteiger partial charge is 0.322 e. The second kappa shape index (κ2) is 62.7. The van der Waals surface area contributed by atoms with Gasteiger partial charge in [-0.3, -0.25) is 0 Å². The van der Waals surface area contributed by atoms with Crippen LogP contribution in [0, 0.1) is 34.6 Å². The quantitative estimate of drug-likeness (QED) is 0.165. The predicted molar refractivity (Wildman–Crippen MR) is 346 cm³/mol. The summed E-state index contributed by atoms with van der Waals surface area (Å²) in [5.41, 5.74) is 2.26. The molecule has 10 rings (SSSR count). The minimum atomic E-state index is -0.0463. The highest BCUT2D eigenvalue weighted by Gasteiger charge is 2.24. The van der Waals surface area contributed by atoms with Gasteiger partial charge in [0, 0.05) is 61.3 Å². The highest BCUT2D eigenvalue weighted by Crippen LogP contribution is 2.20. The van der Waals surface area contributed by atoms with Crippen LogP contribution in [-0.2, 0) is 9.47 Å². The fourth-order valence-corrected chi connectivity index (χ4v) is 7.37. The maximum atomic E-state index is 11.5. The number of fused-ring (bicyclic) bond motifs is 1. The molecule has 15 heteroatoms. The van der Waals surface area contributed by atoms with E-state index >= 15 is 0 Å². The first-order valence-corrected chi connectivity index (χ1v) is 29.7. The van der Waals surface area contributed by atoms with E-state index in [1.807, 2.05) is 239 Å². The number of benzene rings is 4. The van der Waals surface area contributed by atoms with Gasteiger partial charge in [-0.2, -0.15) is 0 Å². The molecule has 3 fully saturated rings. The lowest BCUT2D eigenvalue weighted by atomic mass is 10.0. The van der Waals surface area contributed by atoms with E-state index in [2.05, 4.69) is 58.4 Å². The summed E-state index contributed by atoms with van der Waals surface area (Å²) in [5, 5.41) is 15.9. The molecule has 0 atom stereocenters. The van der Waals surface area contributed by atoms with Crippen LogP contribution in [0.15, 0.2) is 144 Å². The van der Waals surface area contributed by atoms with Gasteiger partial charge in [0.25, 0.3) is 0 Å².